The van der Waals surface area contributed by atoms with Gasteiger partial charge in [0.15, 0.2) is 11.9 Å². The van der Waals surface area contributed by atoms with Gasteiger partial charge in [-0.05, 0) is 37.5 Å². The van der Waals surface area contributed by atoms with Crippen molar-refractivity contribution in [2.75, 3.05) is 13.2 Å². The Bertz CT molecular complexity index is 1350. The fraction of sp³-hybridized carbons (Fsp3) is 0.364. The summed E-state index contributed by atoms with van der Waals surface area (Å²) in [6.45, 7) is 2.51. The molecule has 1 unspecified atom stereocenters. The summed E-state index contributed by atoms with van der Waals surface area (Å²) < 4.78 is 16.2. The van der Waals surface area contributed by atoms with E-state index in [9.17, 15) is 0 Å². The fourth-order valence-corrected chi connectivity index (χ4v) is 4.80. The second-order valence-corrected chi connectivity index (χ2v) is 9.01. The lowest BCUT2D eigenvalue weighted by atomic mass is 10.2. The van der Waals surface area contributed by atoms with Crippen LogP contribution in [-0.4, -0.2) is 59.2 Å². The van der Waals surface area contributed by atoms with Crippen molar-refractivity contribution in [1.29, 1.82) is 0 Å². The van der Waals surface area contributed by atoms with Crippen LogP contribution in [0.2, 0.25) is 0 Å². The summed E-state index contributed by atoms with van der Waals surface area (Å²) in [5, 5.41) is 13.9. The average Bonchev–Trinajstić information content (AvgIpc) is 3.58. The number of thiazole rings is 1. The Hall–Kier alpha value is -3.28. The Morgan fingerprint density at radius 1 is 1.12 bits per heavy atom. The van der Waals surface area contributed by atoms with E-state index >= 15 is 0 Å². The van der Waals surface area contributed by atoms with Gasteiger partial charge in [0.2, 0.25) is 0 Å². The largest absolute Gasteiger partial charge is 0.353 e. The standard InChI is InChI=1S/C22H22N8O2S/c1-2-9-31-21(3-1)32-10-8-29-13-15(11-24-29)16-4-5-17-22(26-16)30(28-27-17)14-20-25-18-12-23-7-6-19(18)33-20/h4-7,11-13,21H,1-3,8-10,14H2. The van der Waals surface area contributed by atoms with Gasteiger partial charge in [-0.25, -0.2) is 14.6 Å². The zero-order valence-electron chi connectivity index (χ0n) is 17.9. The number of hydrogen-bond acceptors (Lipinski definition) is 9. The fourth-order valence-electron chi connectivity index (χ4n) is 3.88. The van der Waals surface area contributed by atoms with Crippen molar-refractivity contribution in [1.82, 2.24) is 39.7 Å². The molecule has 1 aliphatic heterocycles. The van der Waals surface area contributed by atoms with Crippen molar-refractivity contribution < 1.29 is 9.47 Å². The molecule has 1 saturated heterocycles. The van der Waals surface area contributed by atoms with Gasteiger partial charge in [-0.2, -0.15) is 5.10 Å². The van der Waals surface area contributed by atoms with E-state index in [0.29, 0.717) is 19.7 Å². The Morgan fingerprint density at radius 2 is 2.12 bits per heavy atom. The number of rotatable bonds is 7. The molecule has 0 radical (unpaired) electrons. The van der Waals surface area contributed by atoms with Gasteiger partial charge < -0.3 is 9.47 Å². The Balaban J connectivity index is 1.17. The predicted molar refractivity (Wildman–Crippen MR) is 123 cm³/mol. The van der Waals surface area contributed by atoms with Crippen molar-refractivity contribution in [3.8, 4) is 11.3 Å². The van der Waals surface area contributed by atoms with E-state index in [4.69, 9.17) is 14.5 Å². The highest BCUT2D eigenvalue weighted by molar-refractivity contribution is 7.18. The van der Waals surface area contributed by atoms with Crippen molar-refractivity contribution in [2.24, 2.45) is 0 Å². The molecule has 168 valence electrons. The maximum atomic E-state index is 5.82. The summed E-state index contributed by atoms with van der Waals surface area (Å²) in [6, 6.07) is 5.85. The van der Waals surface area contributed by atoms with Gasteiger partial charge in [0.1, 0.15) is 10.5 Å². The first-order chi connectivity index (χ1) is 16.3. The molecule has 6 heterocycles. The first-order valence-corrected chi connectivity index (χ1v) is 11.8. The Morgan fingerprint density at radius 3 is 3.03 bits per heavy atom. The molecular formula is C22H22N8O2S. The topological polar surface area (TPSA) is 106 Å². The number of pyridine rings is 2. The second kappa shape index (κ2) is 8.93. The maximum Gasteiger partial charge on any atom is 0.179 e. The molecular weight excluding hydrogens is 440 g/mol. The van der Waals surface area contributed by atoms with Crippen LogP contribution in [0, 0.1) is 0 Å². The van der Waals surface area contributed by atoms with Crippen LogP contribution in [0.15, 0.2) is 43.0 Å². The SMILES string of the molecule is c1cc2sc(Cn3nnc4ccc(-c5cnn(CCOC6CCCCO6)c5)nc43)nc2cn1. The first-order valence-electron chi connectivity index (χ1n) is 11.0. The molecule has 1 fully saturated rings. The van der Waals surface area contributed by atoms with Gasteiger partial charge in [-0.3, -0.25) is 9.67 Å². The van der Waals surface area contributed by atoms with Crippen molar-refractivity contribution in [3.63, 3.8) is 0 Å². The molecule has 0 saturated carbocycles. The summed E-state index contributed by atoms with van der Waals surface area (Å²) in [5.74, 6) is 0. The number of aromatic nitrogens is 8. The van der Waals surface area contributed by atoms with E-state index in [2.05, 4.69) is 25.4 Å². The third-order valence-electron chi connectivity index (χ3n) is 5.57. The molecule has 1 aliphatic rings. The highest BCUT2D eigenvalue weighted by atomic mass is 32.1. The van der Waals surface area contributed by atoms with E-state index < -0.39 is 0 Å². The van der Waals surface area contributed by atoms with E-state index in [-0.39, 0.29) is 6.29 Å². The van der Waals surface area contributed by atoms with Crippen LogP contribution in [-0.2, 0) is 22.6 Å². The molecule has 5 aromatic heterocycles. The van der Waals surface area contributed by atoms with E-state index in [0.717, 1.165) is 63.5 Å². The zero-order chi connectivity index (χ0) is 22.0. The van der Waals surface area contributed by atoms with Gasteiger partial charge in [0.05, 0.1) is 48.0 Å². The molecule has 5 aromatic rings. The first kappa shape index (κ1) is 20.3. The molecule has 0 bridgehead atoms. The van der Waals surface area contributed by atoms with Crippen LogP contribution in [0.1, 0.15) is 24.3 Å². The molecule has 0 aliphatic carbocycles. The summed E-state index contributed by atoms with van der Waals surface area (Å²) in [6.07, 6.45) is 10.5. The number of fused-ring (bicyclic) bond motifs is 2. The minimum absolute atomic E-state index is 0.0858. The zero-order valence-corrected chi connectivity index (χ0v) is 18.7. The number of ether oxygens (including phenoxy) is 2. The van der Waals surface area contributed by atoms with Crippen LogP contribution in [0.5, 0.6) is 0 Å². The van der Waals surface area contributed by atoms with Gasteiger partial charge in [-0.1, -0.05) is 5.21 Å². The van der Waals surface area contributed by atoms with Crippen LogP contribution in [0.3, 0.4) is 0 Å². The number of nitrogens with zero attached hydrogens (tertiary/aromatic N) is 8. The Kier molecular flexibility index (Phi) is 5.50. The summed E-state index contributed by atoms with van der Waals surface area (Å²) in [4.78, 5) is 13.6. The third-order valence-corrected chi connectivity index (χ3v) is 6.59. The van der Waals surface area contributed by atoms with Gasteiger partial charge in [-0.15, -0.1) is 16.4 Å². The third kappa shape index (κ3) is 4.34. The average molecular weight is 463 g/mol. The van der Waals surface area contributed by atoms with Crippen molar-refractivity contribution in [2.45, 2.75) is 38.6 Å². The summed E-state index contributed by atoms with van der Waals surface area (Å²) in [5.41, 5.74) is 4.11. The van der Waals surface area contributed by atoms with E-state index in [1.54, 1.807) is 28.4 Å². The molecule has 0 N–H and O–H groups in total. The molecule has 6 rings (SSSR count). The second-order valence-electron chi connectivity index (χ2n) is 7.90. The smallest absolute Gasteiger partial charge is 0.179 e. The maximum absolute atomic E-state index is 5.82. The van der Waals surface area contributed by atoms with Crippen molar-refractivity contribution in [3.05, 3.63) is 48.0 Å². The molecule has 11 heteroatoms. The van der Waals surface area contributed by atoms with Crippen molar-refractivity contribution >= 4 is 32.7 Å². The highest BCUT2D eigenvalue weighted by Gasteiger charge is 2.15. The lowest BCUT2D eigenvalue weighted by Gasteiger charge is -2.22. The van der Waals surface area contributed by atoms with Gasteiger partial charge in [0, 0.05) is 24.6 Å². The minimum atomic E-state index is -0.0858. The predicted octanol–water partition coefficient (Wildman–Crippen LogP) is 3.29. The van der Waals surface area contributed by atoms with Gasteiger partial charge in [0.25, 0.3) is 0 Å². The quantitative estimate of drug-likeness (QED) is 0.363. The normalized spacial score (nSPS) is 16.7. The molecule has 0 amide bonds. The van der Waals surface area contributed by atoms with Crippen LogP contribution >= 0.6 is 11.3 Å². The van der Waals surface area contributed by atoms with E-state index in [1.165, 1.54) is 0 Å². The summed E-state index contributed by atoms with van der Waals surface area (Å²) in [7, 11) is 0. The lowest BCUT2D eigenvalue weighted by Crippen LogP contribution is -2.24. The minimum Gasteiger partial charge on any atom is -0.353 e. The van der Waals surface area contributed by atoms with E-state index in [1.807, 2.05) is 35.3 Å². The van der Waals surface area contributed by atoms with Crippen LogP contribution < -0.4 is 0 Å². The van der Waals surface area contributed by atoms with Crippen LogP contribution in [0.4, 0.5) is 0 Å². The number of hydrogen-bond donors (Lipinski definition) is 0. The molecule has 33 heavy (non-hydrogen) atoms. The van der Waals surface area contributed by atoms with Crippen LogP contribution in [0.25, 0.3) is 32.6 Å². The highest BCUT2D eigenvalue weighted by Crippen LogP contribution is 2.23. The Labute approximate surface area is 193 Å². The lowest BCUT2D eigenvalue weighted by molar-refractivity contribution is -0.163. The molecule has 1 atom stereocenters. The monoisotopic (exact) mass is 462 g/mol. The molecule has 10 nitrogen and oxygen atoms in total. The van der Waals surface area contributed by atoms with Gasteiger partial charge >= 0.3 is 0 Å². The summed E-state index contributed by atoms with van der Waals surface area (Å²) >= 11 is 1.62. The molecule has 0 spiro atoms. The molecule has 0 aromatic carbocycles.